The van der Waals surface area contributed by atoms with E-state index in [4.69, 9.17) is 0 Å². The Kier molecular flexibility index (Phi) is 6.69. The molecule has 4 rings (SSSR count). The summed E-state index contributed by atoms with van der Waals surface area (Å²) in [5.41, 5.74) is 4.39. The molecule has 1 unspecified atom stereocenters. The first-order valence-corrected chi connectivity index (χ1v) is 11.2. The number of hydrogen-bond acceptors (Lipinski definition) is 4. The Bertz CT molecular complexity index is 986. The Balaban J connectivity index is 1.32. The van der Waals surface area contributed by atoms with Crippen LogP contribution in [0.3, 0.4) is 0 Å². The number of para-hydroxylation sites is 1. The van der Waals surface area contributed by atoms with Crippen molar-refractivity contribution in [3.63, 3.8) is 0 Å². The molecule has 1 N–H and O–H groups in total. The molecular formula is C22H27N5O2S. The predicted molar refractivity (Wildman–Crippen MR) is 117 cm³/mol. The van der Waals surface area contributed by atoms with Crippen molar-refractivity contribution in [2.75, 3.05) is 20.1 Å². The van der Waals surface area contributed by atoms with Crippen LogP contribution in [0.1, 0.15) is 35.6 Å². The number of rotatable bonds is 7. The topological polar surface area (TPSA) is 74.5 Å². The lowest BCUT2D eigenvalue weighted by molar-refractivity contribution is 0.202. The first kappa shape index (κ1) is 20.9. The third-order valence-corrected chi connectivity index (χ3v) is 6.29. The second kappa shape index (κ2) is 9.61. The summed E-state index contributed by atoms with van der Waals surface area (Å²) in [7, 11) is 1.65. The standard InChI is InChI=1S/C22H27N5O2S/c1-25(30(28)29)15-18-6-5-7-20(14-18)19-10-12-26(13-11-19)16-21-17-27(24-23-21)22-8-3-2-4-9-22/h2-9,14,17,19H,10-13,15-16H2,1H3,(H,28,29). The molecule has 1 fully saturated rings. The molecule has 2 heterocycles. The van der Waals surface area contributed by atoms with Crippen molar-refractivity contribution in [1.82, 2.24) is 24.2 Å². The SMILES string of the molecule is CN(Cc1cccc(C2CCN(Cc3cn(-c4ccccc4)nn3)CC2)c1)S(=O)O. The summed E-state index contributed by atoms with van der Waals surface area (Å²) in [6.07, 6.45) is 4.20. The van der Waals surface area contributed by atoms with E-state index in [-0.39, 0.29) is 0 Å². The van der Waals surface area contributed by atoms with Crippen molar-refractivity contribution >= 4 is 11.3 Å². The second-order valence-corrected chi connectivity index (χ2v) is 8.89. The molecule has 0 aliphatic carbocycles. The van der Waals surface area contributed by atoms with E-state index in [0.717, 1.165) is 49.4 Å². The van der Waals surface area contributed by atoms with Gasteiger partial charge in [0.15, 0.2) is 0 Å². The molecule has 0 radical (unpaired) electrons. The van der Waals surface area contributed by atoms with E-state index in [1.807, 2.05) is 53.3 Å². The highest BCUT2D eigenvalue weighted by Gasteiger charge is 2.22. The van der Waals surface area contributed by atoms with Gasteiger partial charge in [-0.05, 0) is 55.1 Å². The van der Waals surface area contributed by atoms with Crippen LogP contribution in [0.25, 0.3) is 5.69 Å². The summed E-state index contributed by atoms with van der Waals surface area (Å²) in [6.45, 7) is 3.32. The van der Waals surface area contributed by atoms with Crippen molar-refractivity contribution in [2.45, 2.75) is 31.8 Å². The minimum absolute atomic E-state index is 0.465. The molecule has 1 aromatic heterocycles. The molecule has 0 spiro atoms. The summed E-state index contributed by atoms with van der Waals surface area (Å²) < 4.78 is 23.6. The van der Waals surface area contributed by atoms with Gasteiger partial charge in [0.25, 0.3) is 0 Å². The van der Waals surface area contributed by atoms with E-state index in [1.54, 1.807) is 7.05 Å². The Morgan fingerprint density at radius 1 is 1.13 bits per heavy atom. The fourth-order valence-corrected chi connectivity index (χ4v) is 4.25. The Hall–Kier alpha value is -2.39. The fraction of sp³-hybridized carbons (Fsp3) is 0.364. The molecule has 0 bridgehead atoms. The second-order valence-electron chi connectivity index (χ2n) is 7.80. The molecule has 158 valence electrons. The fourth-order valence-electron chi connectivity index (χ4n) is 3.99. The normalized spacial score (nSPS) is 16.8. The maximum atomic E-state index is 11.2. The first-order chi connectivity index (χ1) is 14.6. The smallest absolute Gasteiger partial charge is 0.234 e. The Morgan fingerprint density at radius 3 is 2.63 bits per heavy atom. The highest BCUT2D eigenvalue weighted by Crippen LogP contribution is 2.29. The lowest BCUT2D eigenvalue weighted by Crippen LogP contribution is -2.32. The van der Waals surface area contributed by atoms with Gasteiger partial charge in [-0.1, -0.05) is 47.7 Å². The van der Waals surface area contributed by atoms with Gasteiger partial charge in [0, 0.05) is 20.1 Å². The molecule has 1 saturated heterocycles. The van der Waals surface area contributed by atoms with Gasteiger partial charge in [0.2, 0.25) is 11.3 Å². The number of likely N-dealkylation sites (tertiary alicyclic amines) is 1. The maximum Gasteiger partial charge on any atom is 0.234 e. The van der Waals surface area contributed by atoms with Gasteiger partial charge in [-0.15, -0.1) is 5.10 Å². The zero-order valence-electron chi connectivity index (χ0n) is 17.1. The molecule has 0 saturated carbocycles. The lowest BCUT2D eigenvalue weighted by atomic mass is 9.88. The van der Waals surface area contributed by atoms with Gasteiger partial charge in [-0.25, -0.2) is 8.89 Å². The van der Waals surface area contributed by atoms with Crippen molar-refractivity contribution in [3.8, 4) is 5.69 Å². The third-order valence-electron chi connectivity index (χ3n) is 5.63. The van der Waals surface area contributed by atoms with E-state index in [0.29, 0.717) is 12.5 Å². The summed E-state index contributed by atoms with van der Waals surface area (Å²) in [6, 6.07) is 18.4. The summed E-state index contributed by atoms with van der Waals surface area (Å²) in [5.74, 6) is 0.520. The quantitative estimate of drug-likeness (QED) is 0.589. The van der Waals surface area contributed by atoms with Gasteiger partial charge < -0.3 is 0 Å². The van der Waals surface area contributed by atoms with Crippen molar-refractivity contribution in [1.29, 1.82) is 0 Å². The van der Waals surface area contributed by atoms with Crippen LogP contribution in [0.15, 0.2) is 60.8 Å². The van der Waals surface area contributed by atoms with Crippen LogP contribution in [0.4, 0.5) is 0 Å². The van der Waals surface area contributed by atoms with Crippen LogP contribution >= 0.6 is 0 Å². The zero-order valence-corrected chi connectivity index (χ0v) is 17.9. The summed E-state index contributed by atoms with van der Waals surface area (Å²) in [4.78, 5) is 2.43. The minimum atomic E-state index is -1.94. The number of aromatic nitrogens is 3. The number of hydrogen-bond donors (Lipinski definition) is 1. The Morgan fingerprint density at radius 2 is 1.90 bits per heavy atom. The van der Waals surface area contributed by atoms with Gasteiger partial charge in [0.05, 0.1) is 17.6 Å². The molecule has 1 aliphatic rings. The third kappa shape index (κ3) is 5.20. The molecule has 30 heavy (non-hydrogen) atoms. The van der Waals surface area contributed by atoms with Crippen molar-refractivity contribution in [3.05, 3.63) is 77.6 Å². The molecule has 0 amide bonds. The van der Waals surface area contributed by atoms with E-state index >= 15 is 0 Å². The summed E-state index contributed by atoms with van der Waals surface area (Å²) >= 11 is -1.94. The molecule has 8 heteroatoms. The van der Waals surface area contributed by atoms with Crippen LogP contribution in [0.5, 0.6) is 0 Å². The van der Waals surface area contributed by atoms with Crippen LogP contribution < -0.4 is 0 Å². The number of nitrogens with zero attached hydrogens (tertiary/aromatic N) is 5. The van der Waals surface area contributed by atoms with E-state index < -0.39 is 11.3 Å². The van der Waals surface area contributed by atoms with Crippen molar-refractivity contribution < 1.29 is 8.76 Å². The van der Waals surface area contributed by atoms with Crippen LogP contribution in [0.2, 0.25) is 0 Å². The molecule has 2 aromatic carbocycles. The predicted octanol–water partition coefficient (Wildman–Crippen LogP) is 3.22. The highest BCUT2D eigenvalue weighted by atomic mass is 32.2. The maximum absolute atomic E-state index is 11.2. The first-order valence-electron chi connectivity index (χ1n) is 10.2. The van der Waals surface area contributed by atoms with E-state index in [2.05, 4.69) is 27.3 Å². The number of benzene rings is 2. The minimum Gasteiger partial charge on any atom is -0.297 e. The van der Waals surface area contributed by atoms with Gasteiger partial charge in [-0.3, -0.25) is 9.45 Å². The molecular weight excluding hydrogens is 398 g/mol. The highest BCUT2D eigenvalue weighted by molar-refractivity contribution is 7.76. The molecule has 3 aromatic rings. The molecule has 1 atom stereocenters. The largest absolute Gasteiger partial charge is 0.297 e. The Labute approximate surface area is 179 Å². The average Bonchev–Trinajstić information content (AvgIpc) is 3.23. The van der Waals surface area contributed by atoms with Gasteiger partial charge in [0.1, 0.15) is 0 Å². The van der Waals surface area contributed by atoms with Gasteiger partial charge >= 0.3 is 0 Å². The lowest BCUT2D eigenvalue weighted by Gasteiger charge is -2.31. The molecule has 1 aliphatic heterocycles. The van der Waals surface area contributed by atoms with E-state index in [1.165, 1.54) is 9.87 Å². The monoisotopic (exact) mass is 425 g/mol. The van der Waals surface area contributed by atoms with Crippen LogP contribution in [-0.4, -0.2) is 53.1 Å². The average molecular weight is 426 g/mol. The van der Waals surface area contributed by atoms with Crippen LogP contribution in [0, 0.1) is 0 Å². The van der Waals surface area contributed by atoms with E-state index in [9.17, 15) is 8.76 Å². The van der Waals surface area contributed by atoms with Crippen molar-refractivity contribution in [2.24, 2.45) is 0 Å². The molecule has 7 nitrogen and oxygen atoms in total. The van der Waals surface area contributed by atoms with Crippen LogP contribution in [-0.2, 0) is 24.4 Å². The zero-order chi connectivity index (χ0) is 20.9. The number of piperidine rings is 1. The summed E-state index contributed by atoms with van der Waals surface area (Å²) in [5, 5.41) is 8.60. The van der Waals surface area contributed by atoms with Gasteiger partial charge in [-0.2, -0.15) is 4.31 Å².